The number of carbonyl (C=O) groups is 1. The van der Waals surface area contributed by atoms with E-state index in [1.54, 1.807) is 18.2 Å². The van der Waals surface area contributed by atoms with E-state index in [1.807, 2.05) is 0 Å². The third-order valence-electron chi connectivity index (χ3n) is 3.13. The summed E-state index contributed by atoms with van der Waals surface area (Å²) in [6, 6.07) is 5.84. The summed E-state index contributed by atoms with van der Waals surface area (Å²) in [5, 5.41) is 0.646. The maximum atomic E-state index is 13.7. The summed E-state index contributed by atoms with van der Waals surface area (Å²) in [6.07, 6.45) is 1.32. The molecule has 0 atom stereocenters. The van der Waals surface area contributed by atoms with Gasteiger partial charge in [0.1, 0.15) is 17.5 Å². The fraction of sp³-hybridized carbons (Fsp3) is 0. The third kappa shape index (κ3) is 2.19. The van der Waals surface area contributed by atoms with Crippen LogP contribution in [0.2, 0.25) is 5.02 Å². The monoisotopic (exact) mass is 309 g/mol. The van der Waals surface area contributed by atoms with E-state index >= 15 is 0 Å². The summed E-state index contributed by atoms with van der Waals surface area (Å²) >= 11 is 6.02. The van der Waals surface area contributed by atoms with E-state index in [2.05, 4.69) is 4.98 Å². The number of rotatable bonds is 2. The molecule has 0 aliphatic heterocycles. The first-order valence-corrected chi connectivity index (χ1v) is 6.31. The Balaban J connectivity index is 2.23. The van der Waals surface area contributed by atoms with E-state index in [9.17, 15) is 18.0 Å². The molecular weight excluding hydrogens is 303 g/mol. The van der Waals surface area contributed by atoms with E-state index < -0.39 is 28.8 Å². The van der Waals surface area contributed by atoms with Crippen LogP contribution in [0, 0.1) is 17.5 Å². The summed E-state index contributed by atoms with van der Waals surface area (Å²) < 4.78 is 40.3. The third-order valence-corrected chi connectivity index (χ3v) is 3.45. The minimum Gasteiger partial charge on any atom is -0.360 e. The van der Waals surface area contributed by atoms with Crippen LogP contribution in [0.25, 0.3) is 10.9 Å². The lowest BCUT2D eigenvalue weighted by Gasteiger charge is -2.04. The second-order valence-corrected chi connectivity index (χ2v) is 4.85. The zero-order chi connectivity index (χ0) is 15.1. The number of H-pyrrole nitrogens is 1. The van der Waals surface area contributed by atoms with E-state index in [4.69, 9.17) is 11.6 Å². The van der Waals surface area contributed by atoms with Crippen molar-refractivity contribution in [2.45, 2.75) is 0 Å². The topological polar surface area (TPSA) is 32.9 Å². The highest BCUT2D eigenvalue weighted by Crippen LogP contribution is 2.29. The quantitative estimate of drug-likeness (QED) is 0.696. The lowest BCUT2D eigenvalue weighted by molar-refractivity contribution is 0.103. The van der Waals surface area contributed by atoms with Crippen molar-refractivity contribution < 1.29 is 18.0 Å². The highest BCUT2D eigenvalue weighted by atomic mass is 35.5. The fourth-order valence-electron chi connectivity index (χ4n) is 2.21. The average molecular weight is 310 g/mol. The predicted molar refractivity (Wildman–Crippen MR) is 73.1 cm³/mol. The van der Waals surface area contributed by atoms with Gasteiger partial charge < -0.3 is 4.98 Å². The Morgan fingerprint density at radius 2 is 1.76 bits per heavy atom. The number of benzene rings is 2. The van der Waals surface area contributed by atoms with Gasteiger partial charge in [-0.05, 0) is 12.1 Å². The van der Waals surface area contributed by atoms with Crippen LogP contribution in [0.15, 0.2) is 36.5 Å². The maximum Gasteiger partial charge on any atom is 0.201 e. The molecule has 6 heteroatoms. The number of hydrogen-bond donors (Lipinski definition) is 1. The molecule has 0 radical (unpaired) electrons. The highest BCUT2D eigenvalue weighted by molar-refractivity contribution is 6.37. The van der Waals surface area contributed by atoms with Gasteiger partial charge in [-0.2, -0.15) is 0 Å². The minimum atomic E-state index is -1.25. The minimum absolute atomic E-state index is 0.0278. The molecule has 0 unspecified atom stereocenters. The van der Waals surface area contributed by atoms with Gasteiger partial charge in [0.25, 0.3) is 0 Å². The van der Waals surface area contributed by atoms with Crippen molar-refractivity contribution in [2.24, 2.45) is 0 Å². The van der Waals surface area contributed by atoms with Crippen LogP contribution in [-0.2, 0) is 0 Å². The van der Waals surface area contributed by atoms with Gasteiger partial charge in [-0.15, -0.1) is 0 Å². The zero-order valence-corrected chi connectivity index (χ0v) is 11.1. The molecule has 0 saturated heterocycles. The van der Waals surface area contributed by atoms with Crippen molar-refractivity contribution in [2.75, 3.05) is 0 Å². The molecule has 0 amide bonds. The first-order chi connectivity index (χ1) is 9.99. The highest BCUT2D eigenvalue weighted by Gasteiger charge is 2.23. The van der Waals surface area contributed by atoms with Crippen LogP contribution in [0.1, 0.15) is 15.9 Å². The lowest BCUT2D eigenvalue weighted by Crippen LogP contribution is -2.08. The molecule has 106 valence electrons. The Morgan fingerprint density at radius 1 is 1.10 bits per heavy atom. The predicted octanol–water partition coefficient (Wildman–Crippen LogP) is 4.47. The van der Waals surface area contributed by atoms with Crippen LogP contribution in [0.4, 0.5) is 13.2 Å². The molecule has 1 N–H and O–H groups in total. The van der Waals surface area contributed by atoms with Crippen molar-refractivity contribution >= 4 is 28.3 Å². The molecule has 0 saturated carbocycles. The summed E-state index contributed by atoms with van der Waals surface area (Å²) in [4.78, 5) is 15.2. The lowest BCUT2D eigenvalue weighted by atomic mass is 10.0. The number of aromatic nitrogens is 1. The van der Waals surface area contributed by atoms with Crippen molar-refractivity contribution in [3.63, 3.8) is 0 Å². The number of hydrogen-bond acceptors (Lipinski definition) is 1. The maximum absolute atomic E-state index is 13.7. The summed E-state index contributed by atoms with van der Waals surface area (Å²) in [6.45, 7) is 0. The molecule has 3 rings (SSSR count). The molecule has 3 aromatic rings. The Kier molecular flexibility index (Phi) is 3.22. The molecule has 1 heterocycles. The fourth-order valence-corrected chi connectivity index (χ4v) is 2.49. The van der Waals surface area contributed by atoms with Crippen molar-refractivity contribution in [3.8, 4) is 0 Å². The van der Waals surface area contributed by atoms with E-state index in [-0.39, 0.29) is 10.6 Å². The molecular formula is C15H7ClF3NO. The van der Waals surface area contributed by atoms with E-state index in [0.29, 0.717) is 23.0 Å². The Labute approximate surface area is 122 Å². The zero-order valence-electron chi connectivity index (χ0n) is 10.4. The van der Waals surface area contributed by atoms with Gasteiger partial charge in [0.15, 0.2) is 0 Å². The summed E-state index contributed by atoms with van der Waals surface area (Å²) in [5.74, 6) is -4.49. The SMILES string of the molecule is O=C(c1c(F)cc(F)cc1F)c1c[nH]c2cccc(Cl)c12. The van der Waals surface area contributed by atoms with Crippen LogP contribution < -0.4 is 0 Å². The molecule has 2 nitrogen and oxygen atoms in total. The van der Waals surface area contributed by atoms with Crippen LogP contribution >= 0.6 is 11.6 Å². The van der Waals surface area contributed by atoms with E-state index in [1.165, 1.54) is 6.20 Å². The second-order valence-electron chi connectivity index (χ2n) is 4.44. The average Bonchev–Trinajstić information content (AvgIpc) is 2.82. The Morgan fingerprint density at radius 3 is 2.43 bits per heavy atom. The number of halogens is 4. The Bertz CT molecular complexity index is 849. The molecule has 2 aromatic carbocycles. The van der Waals surface area contributed by atoms with Crippen LogP contribution in [-0.4, -0.2) is 10.8 Å². The van der Waals surface area contributed by atoms with Crippen LogP contribution in [0.5, 0.6) is 0 Å². The van der Waals surface area contributed by atoms with Crippen molar-refractivity contribution in [3.05, 3.63) is 70.1 Å². The number of fused-ring (bicyclic) bond motifs is 1. The van der Waals surface area contributed by atoms with Crippen molar-refractivity contribution in [1.29, 1.82) is 0 Å². The molecule has 0 aliphatic carbocycles. The molecule has 0 bridgehead atoms. The van der Waals surface area contributed by atoms with Crippen LogP contribution in [0.3, 0.4) is 0 Å². The molecule has 1 aromatic heterocycles. The second kappa shape index (κ2) is 4.93. The standard InChI is InChI=1S/C15H7ClF3NO/c16-9-2-1-3-12-13(9)8(6-20-12)15(21)14-10(18)4-7(17)5-11(14)19/h1-6,20H. The molecule has 0 fully saturated rings. The molecule has 21 heavy (non-hydrogen) atoms. The van der Waals surface area contributed by atoms with Crippen molar-refractivity contribution in [1.82, 2.24) is 4.98 Å². The van der Waals surface area contributed by atoms with Gasteiger partial charge in [0.2, 0.25) is 5.78 Å². The summed E-state index contributed by atoms with van der Waals surface area (Å²) in [5.41, 5.74) is -0.217. The van der Waals surface area contributed by atoms with Gasteiger partial charge in [-0.25, -0.2) is 13.2 Å². The number of carbonyl (C=O) groups excluding carboxylic acids is 1. The van der Waals surface area contributed by atoms with Gasteiger partial charge in [-0.3, -0.25) is 4.79 Å². The molecule has 0 aliphatic rings. The Hall–Kier alpha value is -2.27. The smallest absolute Gasteiger partial charge is 0.201 e. The number of aromatic amines is 1. The number of ketones is 1. The largest absolute Gasteiger partial charge is 0.360 e. The van der Waals surface area contributed by atoms with Gasteiger partial charge in [0.05, 0.1) is 10.6 Å². The van der Waals surface area contributed by atoms with Gasteiger partial charge >= 0.3 is 0 Å². The first kappa shape index (κ1) is 13.7. The molecule has 0 spiro atoms. The van der Waals surface area contributed by atoms with Gasteiger partial charge in [-0.1, -0.05) is 17.7 Å². The van der Waals surface area contributed by atoms with Gasteiger partial charge in [0, 0.05) is 34.8 Å². The summed E-state index contributed by atoms with van der Waals surface area (Å²) in [7, 11) is 0. The normalized spacial score (nSPS) is 11.0. The van der Waals surface area contributed by atoms with E-state index in [0.717, 1.165) is 0 Å². The first-order valence-electron chi connectivity index (χ1n) is 5.94. The number of nitrogens with one attached hydrogen (secondary N) is 1.